The smallest absolute Gasteiger partial charge is 0.411 e. The zero-order valence-electron chi connectivity index (χ0n) is 25.2. The first-order chi connectivity index (χ1) is 22.4. The number of carboxylic acid groups (broad SMARTS) is 1. The van der Waals surface area contributed by atoms with Crippen LogP contribution >= 0.6 is 0 Å². The Hall–Kier alpha value is -5.69. The molecule has 0 radical (unpaired) electrons. The van der Waals surface area contributed by atoms with Crippen LogP contribution in [-0.4, -0.2) is 40.6 Å². The molecule has 0 fully saturated rings. The van der Waals surface area contributed by atoms with Crippen LogP contribution in [0, 0.1) is 0 Å². The Morgan fingerprint density at radius 2 is 1.09 bits per heavy atom. The van der Waals surface area contributed by atoms with Gasteiger partial charge < -0.3 is 15.6 Å². The summed E-state index contributed by atoms with van der Waals surface area (Å²) in [5.41, 5.74) is 10.3. The fourth-order valence-electron chi connectivity index (χ4n) is 6.76. The number of amides is 2. The van der Waals surface area contributed by atoms with Gasteiger partial charge in [0.25, 0.3) is 0 Å². The second-order valence-corrected chi connectivity index (χ2v) is 11.3. The van der Waals surface area contributed by atoms with Crippen LogP contribution in [0.1, 0.15) is 46.6 Å². The summed E-state index contributed by atoms with van der Waals surface area (Å²) in [4.78, 5) is 41.3. The molecule has 0 unspecified atom stereocenters. The van der Waals surface area contributed by atoms with Crippen molar-refractivity contribution in [3.8, 4) is 11.1 Å². The number of ether oxygens (including phenoxy) is 1. The molecule has 6 rings (SSSR count). The zero-order valence-corrected chi connectivity index (χ0v) is 25.2. The summed E-state index contributed by atoms with van der Waals surface area (Å²) in [6, 6.07) is 42.5. The number of rotatable bonds is 11. The van der Waals surface area contributed by atoms with Crippen LogP contribution in [0.3, 0.4) is 0 Å². The molecule has 46 heavy (non-hydrogen) atoms. The summed E-state index contributed by atoms with van der Waals surface area (Å²) < 4.78 is 6.22. The molecule has 1 atom stereocenters. The molecule has 0 spiro atoms. The molecule has 0 aliphatic heterocycles. The SMILES string of the molecule is NC(=O)CC[C@@H](C(=O)O)N(C(=O)OCC1c2ccccc2-c2ccccc21)C(c1ccccc1)(c1ccccc1)c1ccccc1. The molecular weight excluding hydrogens is 576 g/mol. The van der Waals surface area contributed by atoms with E-state index < -0.39 is 29.6 Å². The van der Waals surface area contributed by atoms with E-state index in [-0.39, 0.29) is 25.4 Å². The van der Waals surface area contributed by atoms with Crippen LogP contribution in [0.25, 0.3) is 11.1 Å². The third-order valence-electron chi connectivity index (χ3n) is 8.73. The van der Waals surface area contributed by atoms with Gasteiger partial charge in [0.15, 0.2) is 0 Å². The van der Waals surface area contributed by atoms with E-state index in [2.05, 4.69) is 12.1 Å². The van der Waals surface area contributed by atoms with Gasteiger partial charge in [-0.1, -0.05) is 140 Å². The lowest BCUT2D eigenvalue weighted by molar-refractivity contribution is -0.144. The van der Waals surface area contributed by atoms with Crippen LogP contribution < -0.4 is 5.73 Å². The molecule has 230 valence electrons. The second-order valence-electron chi connectivity index (χ2n) is 11.3. The van der Waals surface area contributed by atoms with Crippen molar-refractivity contribution in [1.29, 1.82) is 0 Å². The highest BCUT2D eigenvalue weighted by Gasteiger charge is 2.51. The number of carbonyl (C=O) groups excluding carboxylic acids is 2. The van der Waals surface area contributed by atoms with Crippen LogP contribution in [-0.2, 0) is 19.9 Å². The molecule has 3 N–H and O–H groups in total. The predicted octanol–water partition coefficient (Wildman–Crippen LogP) is 6.95. The number of carboxylic acids is 1. The average molecular weight is 611 g/mol. The lowest BCUT2D eigenvalue weighted by Gasteiger charge is -2.47. The highest BCUT2D eigenvalue weighted by Crippen LogP contribution is 2.47. The Labute approximate surface area is 267 Å². The standard InChI is InChI=1S/C39H34N2O5/c40-36(42)25-24-35(37(43)44)41(38(45)46-26-34-32-22-12-10-20-30(32)31-21-11-13-23-33(31)34)39(27-14-4-1-5-15-27,28-16-6-2-7-17-28)29-18-8-3-9-19-29/h1-23,34-35H,24-26H2,(H2,40,42)(H,43,44)/t35-/m0/s1. The maximum atomic E-state index is 14.8. The van der Waals surface area contributed by atoms with E-state index in [1.165, 1.54) is 4.90 Å². The molecule has 0 saturated heterocycles. The predicted molar refractivity (Wildman–Crippen MR) is 176 cm³/mol. The van der Waals surface area contributed by atoms with Crippen molar-refractivity contribution in [3.05, 3.63) is 167 Å². The number of nitrogens with two attached hydrogens (primary N) is 1. The Balaban J connectivity index is 1.53. The minimum atomic E-state index is -1.47. The number of nitrogens with zero attached hydrogens (tertiary/aromatic N) is 1. The largest absolute Gasteiger partial charge is 0.480 e. The van der Waals surface area contributed by atoms with E-state index in [1.54, 1.807) is 0 Å². The van der Waals surface area contributed by atoms with Gasteiger partial charge in [-0.15, -0.1) is 0 Å². The van der Waals surface area contributed by atoms with Gasteiger partial charge in [-0.3, -0.25) is 9.69 Å². The van der Waals surface area contributed by atoms with Crippen molar-refractivity contribution in [2.45, 2.75) is 30.3 Å². The first-order valence-electron chi connectivity index (χ1n) is 15.2. The summed E-state index contributed by atoms with van der Waals surface area (Å²) >= 11 is 0. The van der Waals surface area contributed by atoms with Crippen molar-refractivity contribution in [3.63, 3.8) is 0 Å². The Morgan fingerprint density at radius 1 is 0.674 bits per heavy atom. The minimum Gasteiger partial charge on any atom is -0.480 e. The van der Waals surface area contributed by atoms with Crippen molar-refractivity contribution < 1.29 is 24.2 Å². The average Bonchev–Trinajstić information content (AvgIpc) is 3.41. The highest BCUT2D eigenvalue weighted by atomic mass is 16.6. The summed E-state index contributed by atoms with van der Waals surface area (Å²) in [6.45, 7) is -0.0139. The van der Waals surface area contributed by atoms with E-state index in [1.807, 2.05) is 127 Å². The lowest BCUT2D eigenvalue weighted by atomic mass is 9.74. The van der Waals surface area contributed by atoms with E-state index in [0.29, 0.717) is 16.7 Å². The molecule has 7 nitrogen and oxygen atoms in total. The number of hydrogen-bond donors (Lipinski definition) is 2. The number of primary amides is 1. The number of carbonyl (C=O) groups is 3. The first-order valence-corrected chi connectivity index (χ1v) is 15.2. The molecule has 5 aromatic carbocycles. The first kappa shape index (κ1) is 30.3. The second kappa shape index (κ2) is 13.1. The summed E-state index contributed by atoms with van der Waals surface area (Å²) in [5.74, 6) is -2.18. The van der Waals surface area contributed by atoms with Crippen molar-refractivity contribution in [1.82, 2.24) is 4.90 Å². The van der Waals surface area contributed by atoms with Crippen LogP contribution in [0.4, 0.5) is 4.79 Å². The number of benzene rings is 5. The normalized spacial score (nSPS) is 12.9. The van der Waals surface area contributed by atoms with Gasteiger partial charge >= 0.3 is 12.1 Å². The number of fused-ring (bicyclic) bond motifs is 3. The van der Waals surface area contributed by atoms with Gasteiger partial charge in [-0.2, -0.15) is 0 Å². The number of aliphatic carboxylic acids is 1. The lowest BCUT2D eigenvalue weighted by Crippen LogP contribution is -2.58. The molecule has 1 aliphatic carbocycles. The van der Waals surface area contributed by atoms with Crippen LogP contribution in [0.2, 0.25) is 0 Å². The van der Waals surface area contributed by atoms with Gasteiger partial charge in [0, 0.05) is 12.3 Å². The molecule has 0 saturated carbocycles. The Bertz CT molecular complexity index is 1700. The summed E-state index contributed by atoms with van der Waals surface area (Å²) in [5, 5.41) is 10.7. The molecule has 5 aromatic rings. The molecule has 0 bridgehead atoms. The monoisotopic (exact) mass is 610 g/mol. The molecular formula is C39H34N2O5. The number of hydrogen-bond acceptors (Lipinski definition) is 4. The Kier molecular flexibility index (Phi) is 8.65. The zero-order chi connectivity index (χ0) is 32.1. The summed E-state index contributed by atoms with van der Waals surface area (Å²) in [7, 11) is 0. The molecule has 1 aliphatic rings. The minimum absolute atomic E-state index is 0.0139. The third-order valence-corrected chi connectivity index (χ3v) is 8.73. The van der Waals surface area contributed by atoms with Crippen LogP contribution in [0.15, 0.2) is 140 Å². The molecule has 0 aromatic heterocycles. The van der Waals surface area contributed by atoms with Gasteiger partial charge in [-0.05, 0) is 45.4 Å². The Morgan fingerprint density at radius 3 is 1.50 bits per heavy atom. The van der Waals surface area contributed by atoms with Crippen molar-refractivity contribution in [2.75, 3.05) is 6.61 Å². The molecule has 2 amide bonds. The van der Waals surface area contributed by atoms with Crippen molar-refractivity contribution in [2.24, 2.45) is 5.73 Å². The van der Waals surface area contributed by atoms with E-state index in [4.69, 9.17) is 10.5 Å². The van der Waals surface area contributed by atoms with Gasteiger partial charge in [-0.25, -0.2) is 9.59 Å². The van der Waals surface area contributed by atoms with Gasteiger partial charge in [0.05, 0.1) is 0 Å². The quantitative estimate of drug-likeness (QED) is 0.157. The molecule has 7 heteroatoms. The van der Waals surface area contributed by atoms with E-state index in [9.17, 15) is 19.5 Å². The van der Waals surface area contributed by atoms with E-state index in [0.717, 1.165) is 22.3 Å². The maximum absolute atomic E-state index is 14.8. The van der Waals surface area contributed by atoms with Crippen molar-refractivity contribution >= 4 is 18.0 Å². The fraction of sp³-hybridized carbons (Fsp3) is 0.154. The summed E-state index contributed by atoms with van der Waals surface area (Å²) in [6.07, 6.45) is -1.27. The van der Waals surface area contributed by atoms with Gasteiger partial charge in [0.2, 0.25) is 5.91 Å². The molecule has 0 heterocycles. The van der Waals surface area contributed by atoms with Crippen LogP contribution in [0.5, 0.6) is 0 Å². The highest BCUT2D eigenvalue weighted by molar-refractivity contribution is 5.84. The topological polar surface area (TPSA) is 110 Å². The van der Waals surface area contributed by atoms with E-state index >= 15 is 0 Å². The third kappa shape index (κ3) is 5.52. The van der Waals surface area contributed by atoms with Gasteiger partial charge in [0.1, 0.15) is 18.2 Å². The maximum Gasteiger partial charge on any atom is 0.411 e. The fourth-order valence-corrected chi connectivity index (χ4v) is 6.76.